The summed E-state index contributed by atoms with van der Waals surface area (Å²) in [5, 5.41) is 3.48. The van der Waals surface area contributed by atoms with E-state index in [1.165, 1.54) is 18.3 Å². The first-order valence-electron chi connectivity index (χ1n) is 7.65. The number of rotatable bonds is 4. The van der Waals surface area contributed by atoms with Gasteiger partial charge in [0, 0.05) is 23.3 Å². The van der Waals surface area contributed by atoms with Crippen LogP contribution < -0.4 is 5.32 Å². The highest BCUT2D eigenvalue weighted by Crippen LogP contribution is 2.17. The number of hydrogen-bond donors (Lipinski definition) is 1. The van der Waals surface area contributed by atoms with E-state index < -0.39 is 0 Å². The minimum absolute atomic E-state index is 0.252. The molecule has 0 aliphatic carbocycles. The zero-order chi connectivity index (χ0) is 17.8. The first-order valence-corrected chi connectivity index (χ1v) is 8.03. The van der Waals surface area contributed by atoms with Crippen molar-refractivity contribution in [1.29, 1.82) is 0 Å². The van der Waals surface area contributed by atoms with E-state index in [4.69, 9.17) is 11.6 Å². The van der Waals surface area contributed by atoms with Gasteiger partial charge in [-0.2, -0.15) is 0 Å². The molecule has 0 saturated heterocycles. The number of benzene rings is 2. The lowest BCUT2D eigenvalue weighted by molar-refractivity contribution is 0.0949. The van der Waals surface area contributed by atoms with Gasteiger partial charge in [-0.25, -0.2) is 14.4 Å². The molecule has 126 valence electrons. The molecule has 0 spiro atoms. The van der Waals surface area contributed by atoms with Crippen LogP contribution in [0.4, 0.5) is 4.39 Å². The molecule has 3 aromatic rings. The van der Waals surface area contributed by atoms with Crippen LogP contribution in [0.3, 0.4) is 0 Å². The predicted octanol–water partition coefficient (Wildman–Crippen LogP) is 4.17. The number of halogens is 2. The van der Waals surface area contributed by atoms with Crippen LogP contribution in [-0.4, -0.2) is 15.9 Å². The van der Waals surface area contributed by atoms with Crippen LogP contribution in [0.15, 0.2) is 54.7 Å². The lowest BCUT2D eigenvalue weighted by Gasteiger charge is -2.09. The van der Waals surface area contributed by atoms with Gasteiger partial charge in [-0.15, -0.1) is 0 Å². The van der Waals surface area contributed by atoms with Gasteiger partial charge in [-0.05, 0) is 48.9 Å². The summed E-state index contributed by atoms with van der Waals surface area (Å²) in [7, 11) is 0. The Morgan fingerprint density at radius 1 is 1.12 bits per heavy atom. The normalized spacial score (nSPS) is 10.5. The maximum absolute atomic E-state index is 13.0. The summed E-state index contributed by atoms with van der Waals surface area (Å²) in [6, 6.07) is 13.1. The van der Waals surface area contributed by atoms with Gasteiger partial charge >= 0.3 is 0 Å². The highest BCUT2D eigenvalue weighted by Gasteiger charge is 2.12. The number of carbonyl (C=O) groups is 1. The van der Waals surface area contributed by atoms with E-state index in [1.807, 2.05) is 12.1 Å². The maximum Gasteiger partial charge on any atom is 0.254 e. The third-order valence-corrected chi connectivity index (χ3v) is 3.94. The van der Waals surface area contributed by atoms with Gasteiger partial charge in [-0.1, -0.05) is 23.7 Å². The van der Waals surface area contributed by atoms with Crippen molar-refractivity contribution in [1.82, 2.24) is 15.3 Å². The number of hydrogen-bond acceptors (Lipinski definition) is 3. The Labute approximate surface area is 149 Å². The van der Waals surface area contributed by atoms with Crippen molar-refractivity contribution < 1.29 is 9.18 Å². The number of carbonyl (C=O) groups excluding carboxylic acids is 1. The van der Waals surface area contributed by atoms with Crippen molar-refractivity contribution in [2.24, 2.45) is 0 Å². The standard InChI is InChI=1S/C19H15ClFN3O/c1-12-17(19(25)23-10-13-2-6-15(20)7-3-13)11-22-18(24-12)14-4-8-16(21)9-5-14/h2-9,11H,10H2,1H3,(H,23,25). The van der Waals surface area contributed by atoms with E-state index in [0.717, 1.165) is 5.56 Å². The predicted molar refractivity (Wildman–Crippen MR) is 94.8 cm³/mol. The molecule has 0 aliphatic rings. The van der Waals surface area contributed by atoms with Gasteiger partial charge in [-0.3, -0.25) is 4.79 Å². The summed E-state index contributed by atoms with van der Waals surface area (Å²) in [5.74, 6) is -0.122. The Morgan fingerprint density at radius 3 is 2.44 bits per heavy atom. The topological polar surface area (TPSA) is 54.9 Å². The zero-order valence-electron chi connectivity index (χ0n) is 13.5. The number of amides is 1. The van der Waals surface area contributed by atoms with Gasteiger partial charge in [0.1, 0.15) is 5.82 Å². The molecule has 25 heavy (non-hydrogen) atoms. The van der Waals surface area contributed by atoms with E-state index in [0.29, 0.717) is 34.2 Å². The number of nitrogens with one attached hydrogen (secondary N) is 1. The number of nitrogens with zero attached hydrogens (tertiary/aromatic N) is 2. The third kappa shape index (κ3) is 4.19. The van der Waals surface area contributed by atoms with E-state index in [1.54, 1.807) is 31.2 Å². The molecule has 3 rings (SSSR count). The van der Waals surface area contributed by atoms with Gasteiger partial charge in [0.05, 0.1) is 11.3 Å². The van der Waals surface area contributed by atoms with Gasteiger partial charge in [0.25, 0.3) is 5.91 Å². The fourth-order valence-corrected chi connectivity index (χ4v) is 2.43. The molecule has 4 nitrogen and oxygen atoms in total. The molecular weight excluding hydrogens is 341 g/mol. The highest BCUT2D eigenvalue weighted by molar-refractivity contribution is 6.30. The quantitative estimate of drug-likeness (QED) is 0.764. The molecule has 0 saturated carbocycles. The summed E-state index contributed by atoms with van der Waals surface area (Å²) >= 11 is 5.84. The van der Waals surface area contributed by atoms with E-state index in [9.17, 15) is 9.18 Å². The van der Waals surface area contributed by atoms with Crippen molar-refractivity contribution >= 4 is 17.5 Å². The Hall–Kier alpha value is -2.79. The summed E-state index contributed by atoms with van der Waals surface area (Å²) < 4.78 is 13.0. The maximum atomic E-state index is 13.0. The van der Waals surface area contributed by atoms with Crippen LogP contribution in [0, 0.1) is 12.7 Å². The molecule has 0 atom stereocenters. The molecule has 1 N–H and O–H groups in total. The van der Waals surface area contributed by atoms with Crippen LogP contribution in [0.25, 0.3) is 11.4 Å². The van der Waals surface area contributed by atoms with Crippen LogP contribution >= 0.6 is 11.6 Å². The van der Waals surface area contributed by atoms with Crippen LogP contribution in [0.1, 0.15) is 21.6 Å². The van der Waals surface area contributed by atoms with E-state index in [-0.39, 0.29) is 11.7 Å². The largest absolute Gasteiger partial charge is 0.348 e. The molecule has 0 fully saturated rings. The van der Waals surface area contributed by atoms with Crippen LogP contribution in [-0.2, 0) is 6.54 Å². The Morgan fingerprint density at radius 2 is 1.80 bits per heavy atom. The average molecular weight is 356 g/mol. The Bertz CT molecular complexity index is 896. The van der Waals surface area contributed by atoms with Crippen molar-refractivity contribution in [2.45, 2.75) is 13.5 Å². The van der Waals surface area contributed by atoms with Gasteiger partial charge in [0.15, 0.2) is 5.82 Å². The fraction of sp³-hybridized carbons (Fsp3) is 0.105. The molecule has 0 bridgehead atoms. The molecule has 0 unspecified atom stereocenters. The molecule has 1 aromatic heterocycles. The Balaban J connectivity index is 1.72. The third-order valence-electron chi connectivity index (χ3n) is 3.69. The first kappa shape index (κ1) is 17.0. The monoisotopic (exact) mass is 355 g/mol. The van der Waals surface area contributed by atoms with Crippen LogP contribution in [0.2, 0.25) is 5.02 Å². The molecule has 6 heteroatoms. The molecule has 1 heterocycles. The summed E-state index contributed by atoms with van der Waals surface area (Å²) in [6.45, 7) is 2.13. The van der Waals surface area contributed by atoms with Crippen molar-refractivity contribution in [3.8, 4) is 11.4 Å². The fourth-order valence-electron chi connectivity index (χ4n) is 2.31. The molecule has 0 radical (unpaired) electrons. The molecule has 0 aliphatic heterocycles. The van der Waals surface area contributed by atoms with Crippen molar-refractivity contribution in [2.75, 3.05) is 0 Å². The lowest BCUT2D eigenvalue weighted by Crippen LogP contribution is -2.24. The minimum Gasteiger partial charge on any atom is -0.348 e. The zero-order valence-corrected chi connectivity index (χ0v) is 14.2. The minimum atomic E-state index is -0.321. The average Bonchev–Trinajstić information content (AvgIpc) is 2.61. The smallest absolute Gasteiger partial charge is 0.254 e. The second-order valence-electron chi connectivity index (χ2n) is 5.51. The van der Waals surface area contributed by atoms with Crippen LogP contribution in [0.5, 0.6) is 0 Å². The number of aromatic nitrogens is 2. The molecular formula is C19H15ClFN3O. The molecule has 2 aromatic carbocycles. The summed E-state index contributed by atoms with van der Waals surface area (Å²) in [5.41, 5.74) is 2.60. The first-order chi connectivity index (χ1) is 12.0. The molecule has 1 amide bonds. The van der Waals surface area contributed by atoms with E-state index >= 15 is 0 Å². The van der Waals surface area contributed by atoms with Crippen molar-refractivity contribution in [3.05, 3.63) is 82.4 Å². The van der Waals surface area contributed by atoms with E-state index in [2.05, 4.69) is 15.3 Å². The SMILES string of the molecule is Cc1nc(-c2ccc(F)cc2)ncc1C(=O)NCc1ccc(Cl)cc1. The van der Waals surface area contributed by atoms with Gasteiger partial charge < -0.3 is 5.32 Å². The van der Waals surface area contributed by atoms with Gasteiger partial charge in [0.2, 0.25) is 0 Å². The summed E-state index contributed by atoms with van der Waals surface area (Å²) in [6.07, 6.45) is 1.48. The van der Waals surface area contributed by atoms with Crippen molar-refractivity contribution in [3.63, 3.8) is 0 Å². The second-order valence-corrected chi connectivity index (χ2v) is 5.95. The Kier molecular flexibility index (Phi) is 5.05. The highest BCUT2D eigenvalue weighted by atomic mass is 35.5. The second kappa shape index (κ2) is 7.40. The lowest BCUT2D eigenvalue weighted by atomic mass is 10.1. The summed E-state index contributed by atoms with van der Waals surface area (Å²) in [4.78, 5) is 20.9. The number of aryl methyl sites for hydroxylation is 1.